The molecular weight excluding hydrogens is 262 g/mol. The van der Waals surface area contributed by atoms with Crippen molar-refractivity contribution in [1.29, 1.82) is 0 Å². The van der Waals surface area contributed by atoms with E-state index in [1.54, 1.807) is 25.2 Å². The second-order valence-corrected chi connectivity index (χ2v) is 6.91. The Kier molecular flexibility index (Phi) is 5.12. The molecule has 108 valence electrons. The predicted molar refractivity (Wildman–Crippen MR) is 77.3 cm³/mol. The summed E-state index contributed by atoms with van der Waals surface area (Å²) in [6.45, 7) is 8.18. The number of rotatable bonds is 6. The van der Waals surface area contributed by atoms with Gasteiger partial charge in [0.1, 0.15) is 0 Å². The first-order valence-corrected chi connectivity index (χ1v) is 7.09. The van der Waals surface area contributed by atoms with E-state index in [1.807, 2.05) is 26.0 Å². The van der Waals surface area contributed by atoms with Crippen LogP contribution in [-0.4, -0.2) is 29.3 Å². The second-order valence-electron chi connectivity index (χ2n) is 5.66. The molecule has 0 aliphatic heterocycles. The average molecular weight is 285 g/mol. The molecule has 0 radical (unpaired) electrons. The summed E-state index contributed by atoms with van der Waals surface area (Å²) < 4.78 is 4.64. The number of carbonyl (C=O) groups excluding carboxylic acids is 1. The Bertz CT molecular complexity index is 432. The van der Waals surface area contributed by atoms with Crippen LogP contribution in [0.2, 0.25) is 0 Å². The fourth-order valence-electron chi connectivity index (χ4n) is 1.35. The lowest BCUT2D eigenvalue weighted by molar-refractivity contribution is -0.139. The van der Waals surface area contributed by atoms with Gasteiger partial charge in [-0.25, -0.2) is 0 Å². The maximum absolute atomic E-state index is 11.2. The van der Waals surface area contributed by atoms with Gasteiger partial charge >= 0.3 is 5.97 Å². The van der Waals surface area contributed by atoms with E-state index in [0.29, 0.717) is 13.0 Å². The quantitative estimate of drug-likeness (QED) is 0.786. The first kappa shape index (κ1) is 16.1. The topological polar surface area (TPSA) is 58.6 Å². The molecule has 0 aliphatic carbocycles. The number of nitrogens with one attached hydrogen (secondary N) is 1. The van der Waals surface area contributed by atoms with Crippen LogP contribution in [0.3, 0.4) is 0 Å². The van der Waals surface area contributed by atoms with Crippen LogP contribution in [0.15, 0.2) is 12.1 Å². The van der Waals surface area contributed by atoms with Crippen molar-refractivity contribution in [3.63, 3.8) is 0 Å². The fraction of sp³-hybridized carbons (Fsp3) is 0.643. The summed E-state index contributed by atoms with van der Waals surface area (Å²) in [5.41, 5.74) is -1.20. The van der Waals surface area contributed by atoms with Crippen LogP contribution in [0.1, 0.15) is 37.4 Å². The van der Waals surface area contributed by atoms with E-state index in [-0.39, 0.29) is 11.5 Å². The Morgan fingerprint density at radius 1 is 1.32 bits per heavy atom. The van der Waals surface area contributed by atoms with Gasteiger partial charge in [-0.05, 0) is 39.8 Å². The monoisotopic (exact) mass is 285 g/mol. The minimum Gasteiger partial charge on any atom is -0.469 e. The van der Waals surface area contributed by atoms with Crippen LogP contribution in [0, 0.1) is 0 Å². The Labute approximate surface area is 118 Å². The van der Waals surface area contributed by atoms with Crippen LogP contribution >= 0.6 is 11.3 Å². The molecule has 19 heavy (non-hydrogen) atoms. The molecule has 0 spiro atoms. The summed E-state index contributed by atoms with van der Waals surface area (Å²) in [4.78, 5) is 13.3. The molecule has 1 heterocycles. The molecule has 0 aromatic carbocycles. The summed E-state index contributed by atoms with van der Waals surface area (Å²) in [5, 5.41) is 13.4. The Morgan fingerprint density at radius 2 is 1.89 bits per heavy atom. The third kappa shape index (κ3) is 4.60. The highest BCUT2D eigenvalue weighted by Crippen LogP contribution is 2.23. The summed E-state index contributed by atoms with van der Waals surface area (Å²) >= 11 is 1.58. The lowest BCUT2D eigenvalue weighted by atomic mass is 9.86. The molecule has 0 bridgehead atoms. The van der Waals surface area contributed by atoms with Crippen molar-refractivity contribution in [3.05, 3.63) is 21.9 Å². The maximum Gasteiger partial charge on any atom is 0.310 e. The van der Waals surface area contributed by atoms with E-state index in [4.69, 9.17) is 0 Å². The summed E-state index contributed by atoms with van der Waals surface area (Å²) in [6.07, 6.45) is 0.316. The summed E-state index contributed by atoms with van der Waals surface area (Å²) in [6, 6.07) is 3.94. The molecule has 1 aromatic heterocycles. The average Bonchev–Trinajstić information content (AvgIpc) is 2.72. The van der Waals surface area contributed by atoms with E-state index < -0.39 is 5.60 Å². The van der Waals surface area contributed by atoms with E-state index >= 15 is 0 Å². The number of aliphatic hydroxyl groups is 1. The first-order valence-electron chi connectivity index (χ1n) is 6.27. The predicted octanol–water partition coefficient (Wildman–Crippen LogP) is 2.10. The van der Waals surface area contributed by atoms with Crippen LogP contribution in [0.4, 0.5) is 0 Å². The third-order valence-corrected chi connectivity index (χ3v) is 4.58. The molecule has 0 aliphatic rings. The number of hydrogen-bond donors (Lipinski definition) is 2. The molecule has 2 N–H and O–H groups in total. The third-order valence-electron chi connectivity index (χ3n) is 3.50. The Morgan fingerprint density at radius 3 is 2.42 bits per heavy atom. The van der Waals surface area contributed by atoms with Crippen molar-refractivity contribution in [3.8, 4) is 0 Å². The standard InChI is InChI=1S/C14H23NO3S/c1-13(2,14(3,4)17)15-9-11-7-6-10(19-11)8-12(16)18-5/h6-7,15,17H,8-9H2,1-5H3. The van der Waals surface area contributed by atoms with Crippen LogP contribution in [-0.2, 0) is 22.5 Å². The minimum absolute atomic E-state index is 0.224. The van der Waals surface area contributed by atoms with Gasteiger partial charge in [-0.1, -0.05) is 0 Å². The van der Waals surface area contributed by atoms with Gasteiger partial charge in [0.15, 0.2) is 0 Å². The number of hydrogen-bond acceptors (Lipinski definition) is 5. The zero-order valence-electron chi connectivity index (χ0n) is 12.2. The summed E-state index contributed by atoms with van der Waals surface area (Å²) in [7, 11) is 1.39. The summed E-state index contributed by atoms with van der Waals surface area (Å²) in [5.74, 6) is -0.224. The Balaban J connectivity index is 2.58. The molecule has 0 atom stereocenters. The van der Waals surface area contributed by atoms with Gasteiger partial charge in [0.05, 0.1) is 19.1 Å². The van der Waals surface area contributed by atoms with E-state index in [0.717, 1.165) is 9.75 Å². The molecule has 0 amide bonds. The van der Waals surface area contributed by atoms with Crippen molar-refractivity contribution < 1.29 is 14.6 Å². The molecule has 1 aromatic rings. The van der Waals surface area contributed by atoms with Crippen molar-refractivity contribution in [2.24, 2.45) is 0 Å². The number of thiophene rings is 1. The maximum atomic E-state index is 11.2. The SMILES string of the molecule is COC(=O)Cc1ccc(CNC(C)(C)C(C)(C)O)s1. The molecule has 1 rings (SSSR count). The van der Waals surface area contributed by atoms with E-state index in [9.17, 15) is 9.90 Å². The van der Waals surface area contributed by atoms with E-state index in [2.05, 4.69) is 10.1 Å². The van der Waals surface area contributed by atoms with Gasteiger partial charge in [-0.2, -0.15) is 0 Å². The number of methoxy groups -OCH3 is 1. The normalized spacial score (nSPS) is 12.5. The van der Waals surface area contributed by atoms with Crippen LogP contribution in [0.25, 0.3) is 0 Å². The van der Waals surface area contributed by atoms with Gasteiger partial charge in [0.25, 0.3) is 0 Å². The molecule has 0 saturated heterocycles. The fourth-order valence-corrected chi connectivity index (χ4v) is 2.29. The zero-order chi connectivity index (χ0) is 14.7. The minimum atomic E-state index is -0.806. The second kappa shape index (κ2) is 6.03. The van der Waals surface area contributed by atoms with Gasteiger partial charge in [-0.15, -0.1) is 11.3 Å². The zero-order valence-corrected chi connectivity index (χ0v) is 13.1. The smallest absolute Gasteiger partial charge is 0.310 e. The lowest BCUT2D eigenvalue weighted by Crippen LogP contribution is -2.55. The van der Waals surface area contributed by atoms with Crippen molar-refractivity contribution in [2.45, 2.75) is 51.8 Å². The number of esters is 1. The molecular formula is C14H23NO3S. The number of ether oxygens (including phenoxy) is 1. The van der Waals surface area contributed by atoms with Crippen LogP contribution < -0.4 is 5.32 Å². The highest BCUT2D eigenvalue weighted by Gasteiger charge is 2.34. The highest BCUT2D eigenvalue weighted by molar-refractivity contribution is 7.12. The Hall–Kier alpha value is -0.910. The molecule has 5 heteroatoms. The van der Waals surface area contributed by atoms with Crippen molar-refractivity contribution in [1.82, 2.24) is 5.32 Å². The highest BCUT2D eigenvalue weighted by atomic mass is 32.1. The number of carbonyl (C=O) groups is 1. The first-order chi connectivity index (χ1) is 8.65. The van der Waals surface area contributed by atoms with E-state index in [1.165, 1.54) is 7.11 Å². The van der Waals surface area contributed by atoms with Crippen molar-refractivity contribution in [2.75, 3.05) is 7.11 Å². The van der Waals surface area contributed by atoms with Gasteiger partial charge in [0.2, 0.25) is 0 Å². The molecule has 0 fully saturated rings. The van der Waals surface area contributed by atoms with Crippen LogP contribution in [0.5, 0.6) is 0 Å². The van der Waals surface area contributed by atoms with Crippen molar-refractivity contribution >= 4 is 17.3 Å². The van der Waals surface area contributed by atoms with Gasteiger partial charge < -0.3 is 15.2 Å². The molecule has 0 unspecified atom stereocenters. The molecule has 0 saturated carbocycles. The molecule has 4 nitrogen and oxygen atoms in total. The lowest BCUT2D eigenvalue weighted by Gasteiger charge is -2.38. The van der Waals surface area contributed by atoms with Gasteiger partial charge in [0, 0.05) is 21.8 Å². The van der Waals surface area contributed by atoms with Gasteiger partial charge in [-0.3, -0.25) is 4.79 Å². The largest absolute Gasteiger partial charge is 0.469 e.